The lowest BCUT2D eigenvalue weighted by Crippen LogP contribution is -2.38. The molecule has 0 bridgehead atoms. The molecule has 5 heteroatoms. The zero-order valence-corrected chi connectivity index (χ0v) is 16.9. The second-order valence-corrected chi connectivity index (χ2v) is 7.92. The second-order valence-electron chi connectivity index (χ2n) is 7.01. The van der Waals surface area contributed by atoms with Crippen LogP contribution in [0.3, 0.4) is 0 Å². The van der Waals surface area contributed by atoms with Gasteiger partial charge in [0.25, 0.3) is 5.91 Å². The summed E-state index contributed by atoms with van der Waals surface area (Å²) in [4.78, 5) is 15.0. The highest BCUT2D eigenvalue weighted by molar-refractivity contribution is 9.10. The van der Waals surface area contributed by atoms with Gasteiger partial charge < -0.3 is 4.90 Å². The highest BCUT2D eigenvalue weighted by Gasteiger charge is 2.26. The number of rotatable bonds is 3. The van der Waals surface area contributed by atoms with E-state index < -0.39 is 0 Å². The lowest BCUT2D eigenvalue weighted by atomic mass is 9.89. The van der Waals surface area contributed by atoms with E-state index >= 15 is 0 Å². The molecule has 2 aromatic carbocycles. The van der Waals surface area contributed by atoms with E-state index in [1.54, 1.807) is 6.20 Å². The molecule has 1 saturated heterocycles. The van der Waals surface area contributed by atoms with E-state index in [1.165, 1.54) is 5.56 Å². The predicted molar refractivity (Wildman–Crippen MR) is 110 cm³/mol. The molecule has 0 saturated carbocycles. The third-order valence-corrected chi connectivity index (χ3v) is 5.89. The van der Waals surface area contributed by atoms with Crippen LogP contribution in [0.4, 0.5) is 0 Å². The number of amides is 1. The molecule has 0 aliphatic carbocycles. The summed E-state index contributed by atoms with van der Waals surface area (Å²) in [6.07, 6.45) is 3.72. The van der Waals surface area contributed by atoms with Gasteiger partial charge in [-0.25, -0.2) is 4.68 Å². The molecular formula is C22H22BrN3O. The molecule has 1 fully saturated rings. The van der Waals surface area contributed by atoms with Crippen LogP contribution in [-0.4, -0.2) is 33.7 Å². The first kappa shape index (κ1) is 18.0. The summed E-state index contributed by atoms with van der Waals surface area (Å²) in [6.45, 7) is 3.54. The zero-order chi connectivity index (χ0) is 18.8. The molecule has 1 aliphatic rings. The summed E-state index contributed by atoms with van der Waals surface area (Å²) in [7, 11) is 0. The average molecular weight is 424 g/mol. The first-order chi connectivity index (χ1) is 13.1. The van der Waals surface area contributed by atoms with Crippen molar-refractivity contribution < 1.29 is 4.79 Å². The van der Waals surface area contributed by atoms with Crippen LogP contribution in [0.25, 0.3) is 5.69 Å². The number of hydrogen-bond acceptors (Lipinski definition) is 2. The molecule has 1 aliphatic heterocycles. The molecule has 0 unspecified atom stereocenters. The molecule has 2 heterocycles. The molecule has 138 valence electrons. The van der Waals surface area contributed by atoms with Crippen LogP contribution in [-0.2, 0) is 0 Å². The highest BCUT2D eigenvalue weighted by atomic mass is 79.9. The number of hydrogen-bond donors (Lipinski definition) is 0. The van der Waals surface area contributed by atoms with Crippen molar-refractivity contribution in [3.8, 4) is 5.69 Å². The number of piperidine rings is 1. The Hall–Kier alpha value is -2.40. The van der Waals surface area contributed by atoms with E-state index in [9.17, 15) is 4.79 Å². The lowest BCUT2D eigenvalue weighted by Gasteiger charge is -2.32. The number of carbonyl (C=O) groups excluding carboxylic acids is 1. The molecular weight excluding hydrogens is 402 g/mol. The van der Waals surface area contributed by atoms with Gasteiger partial charge in [-0.3, -0.25) is 4.79 Å². The average Bonchev–Trinajstić information content (AvgIpc) is 3.10. The Kier molecular flexibility index (Phi) is 5.12. The first-order valence-electron chi connectivity index (χ1n) is 9.28. The van der Waals surface area contributed by atoms with Crippen molar-refractivity contribution in [1.29, 1.82) is 0 Å². The number of nitrogens with zero attached hydrogens (tertiary/aromatic N) is 3. The number of aromatic nitrogens is 2. The van der Waals surface area contributed by atoms with Crippen LogP contribution < -0.4 is 0 Å². The maximum absolute atomic E-state index is 13.0. The highest BCUT2D eigenvalue weighted by Crippen LogP contribution is 2.29. The summed E-state index contributed by atoms with van der Waals surface area (Å²) >= 11 is 3.45. The quantitative estimate of drug-likeness (QED) is 0.596. The number of carbonyl (C=O) groups is 1. The molecule has 4 nitrogen and oxygen atoms in total. The van der Waals surface area contributed by atoms with E-state index in [-0.39, 0.29) is 5.91 Å². The van der Waals surface area contributed by atoms with Gasteiger partial charge >= 0.3 is 0 Å². The van der Waals surface area contributed by atoms with Crippen LogP contribution in [0.1, 0.15) is 40.4 Å². The molecule has 0 atom stereocenters. The lowest BCUT2D eigenvalue weighted by molar-refractivity contribution is 0.0712. The number of halogens is 1. The Morgan fingerprint density at radius 2 is 1.70 bits per heavy atom. The van der Waals surface area contributed by atoms with E-state index in [4.69, 9.17) is 0 Å². The Balaban J connectivity index is 1.47. The SMILES string of the molecule is Cc1c(C(=O)N2CCC(c3ccccc3)CC2)cnn1-c1ccc(Br)cc1. The van der Waals surface area contributed by atoms with Crippen LogP contribution in [0.2, 0.25) is 0 Å². The topological polar surface area (TPSA) is 38.1 Å². The minimum atomic E-state index is 0.0855. The van der Waals surface area contributed by atoms with Gasteiger partial charge in [-0.2, -0.15) is 5.10 Å². The number of likely N-dealkylation sites (tertiary alicyclic amines) is 1. The fourth-order valence-corrected chi connectivity index (χ4v) is 4.04. The van der Waals surface area contributed by atoms with Crippen molar-refractivity contribution in [3.63, 3.8) is 0 Å². The van der Waals surface area contributed by atoms with Crippen molar-refractivity contribution in [3.05, 3.63) is 82.1 Å². The minimum absolute atomic E-state index is 0.0855. The molecule has 3 aromatic rings. The first-order valence-corrected chi connectivity index (χ1v) is 10.1. The standard InChI is InChI=1S/C22H22BrN3O/c1-16-21(15-24-26(16)20-9-7-19(23)8-10-20)22(27)25-13-11-18(12-14-25)17-5-3-2-4-6-17/h2-10,15,18H,11-14H2,1H3. The van der Waals surface area contributed by atoms with Gasteiger partial charge in [0.1, 0.15) is 0 Å². The number of benzene rings is 2. The minimum Gasteiger partial charge on any atom is -0.338 e. The fraction of sp³-hybridized carbons (Fsp3) is 0.273. The summed E-state index contributed by atoms with van der Waals surface area (Å²) in [5.74, 6) is 0.629. The normalized spacial score (nSPS) is 15.1. The second kappa shape index (κ2) is 7.69. The van der Waals surface area contributed by atoms with E-state index in [2.05, 4.69) is 45.3 Å². The third kappa shape index (κ3) is 3.69. The van der Waals surface area contributed by atoms with Crippen molar-refractivity contribution >= 4 is 21.8 Å². The van der Waals surface area contributed by atoms with Crippen LogP contribution in [0.5, 0.6) is 0 Å². The fourth-order valence-electron chi connectivity index (χ4n) is 3.77. The molecule has 1 aromatic heterocycles. The van der Waals surface area contributed by atoms with E-state index in [0.717, 1.165) is 41.8 Å². The molecule has 1 amide bonds. The summed E-state index contributed by atoms with van der Waals surface area (Å²) in [5.41, 5.74) is 3.91. The van der Waals surface area contributed by atoms with Gasteiger partial charge in [0.15, 0.2) is 0 Å². The van der Waals surface area contributed by atoms with Gasteiger partial charge in [0.05, 0.1) is 23.1 Å². The van der Waals surface area contributed by atoms with Gasteiger partial charge in [-0.1, -0.05) is 46.3 Å². The summed E-state index contributed by atoms with van der Waals surface area (Å²) in [5, 5.41) is 4.45. The predicted octanol–water partition coefficient (Wildman–Crippen LogP) is 4.96. The monoisotopic (exact) mass is 423 g/mol. The third-order valence-electron chi connectivity index (χ3n) is 5.36. The van der Waals surface area contributed by atoms with Gasteiger partial charge in [-0.05, 0) is 55.5 Å². The maximum atomic E-state index is 13.0. The summed E-state index contributed by atoms with van der Waals surface area (Å²) in [6, 6.07) is 18.5. The van der Waals surface area contributed by atoms with Crippen LogP contribution in [0, 0.1) is 6.92 Å². The maximum Gasteiger partial charge on any atom is 0.257 e. The van der Waals surface area contributed by atoms with Gasteiger partial charge in [0, 0.05) is 17.6 Å². The Morgan fingerprint density at radius 3 is 2.37 bits per heavy atom. The Morgan fingerprint density at radius 1 is 1.04 bits per heavy atom. The Bertz CT molecular complexity index is 926. The van der Waals surface area contributed by atoms with Crippen molar-refractivity contribution in [2.45, 2.75) is 25.7 Å². The Labute approximate surface area is 167 Å². The van der Waals surface area contributed by atoms with E-state index in [0.29, 0.717) is 11.5 Å². The van der Waals surface area contributed by atoms with Gasteiger partial charge in [0.2, 0.25) is 0 Å². The molecule has 0 radical (unpaired) electrons. The molecule has 0 spiro atoms. The van der Waals surface area contributed by atoms with Crippen molar-refractivity contribution in [2.24, 2.45) is 0 Å². The van der Waals surface area contributed by atoms with Crippen LogP contribution in [0.15, 0.2) is 65.3 Å². The molecule has 0 N–H and O–H groups in total. The van der Waals surface area contributed by atoms with Gasteiger partial charge in [-0.15, -0.1) is 0 Å². The van der Waals surface area contributed by atoms with Crippen molar-refractivity contribution in [1.82, 2.24) is 14.7 Å². The smallest absolute Gasteiger partial charge is 0.257 e. The molecule has 4 rings (SSSR count). The zero-order valence-electron chi connectivity index (χ0n) is 15.3. The van der Waals surface area contributed by atoms with Crippen molar-refractivity contribution in [2.75, 3.05) is 13.1 Å². The molecule has 27 heavy (non-hydrogen) atoms. The van der Waals surface area contributed by atoms with Crippen LogP contribution >= 0.6 is 15.9 Å². The summed E-state index contributed by atoms with van der Waals surface area (Å²) < 4.78 is 2.85. The van der Waals surface area contributed by atoms with E-state index in [1.807, 2.05) is 46.8 Å². The largest absolute Gasteiger partial charge is 0.338 e.